The quantitative estimate of drug-likeness (QED) is 0.730. The maximum Gasteiger partial charge on any atom is 0.0718 e. The third kappa shape index (κ3) is 6.11. The molecule has 0 bridgehead atoms. The molecular formula is C24H41ClN2O. The van der Waals surface area contributed by atoms with Gasteiger partial charge in [0.15, 0.2) is 0 Å². The summed E-state index contributed by atoms with van der Waals surface area (Å²) in [5, 5.41) is 10.1. The number of anilines is 1. The van der Waals surface area contributed by atoms with Gasteiger partial charge in [0, 0.05) is 38.4 Å². The molecule has 1 aliphatic carbocycles. The first-order chi connectivity index (χ1) is 12.4. The molecule has 1 saturated heterocycles. The zero-order valence-electron chi connectivity index (χ0n) is 18.8. The van der Waals surface area contributed by atoms with Crippen LogP contribution in [0.2, 0.25) is 0 Å². The molecule has 3 nitrogen and oxygen atoms in total. The highest BCUT2D eigenvalue weighted by Gasteiger charge is 2.39. The first-order valence-electron chi connectivity index (χ1n) is 10.7. The Labute approximate surface area is 178 Å². The molecule has 1 aromatic rings. The molecule has 1 heterocycles. The predicted octanol–water partition coefficient (Wildman–Crippen LogP) is 5.32. The van der Waals surface area contributed by atoms with Crippen molar-refractivity contribution in [2.75, 3.05) is 37.6 Å². The van der Waals surface area contributed by atoms with Crippen LogP contribution < -0.4 is 4.90 Å². The minimum atomic E-state index is -0.612. The zero-order chi connectivity index (χ0) is 19.9. The van der Waals surface area contributed by atoms with Crippen LogP contribution in [0.5, 0.6) is 0 Å². The topological polar surface area (TPSA) is 26.7 Å². The Morgan fingerprint density at radius 3 is 2.04 bits per heavy atom. The number of hydrogen-bond donors (Lipinski definition) is 1. The summed E-state index contributed by atoms with van der Waals surface area (Å²) in [4.78, 5) is 4.97. The van der Waals surface area contributed by atoms with Crippen molar-refractivity contribution >= 4 is 18.1 Å². The second kappa shape index (κ2) is 8.53. The fourth-order valence-electron chi connectivity index (χ4n) is 5.88. The molecule has 4 heteroatoms. The van der Waals surface area contributed by atoms with E-state index >= 15 is 0 Å². The van der Waals surface area contributed by atoms with Crippen molar-refractivity contribution < 1.29 is 5.11 Å². The Kier molecular flexibility index (Phi) is 7.17. The van der Waals surface area contributed by atoms with Crippen molar-refractivity contribution in [1.29, 1.82) is 0 Å². The highest BCUT2D eigenvalue weighted by atomic mass is 35.5. The van der Waals surface area contributed by atoms with Crippen molar-refractivity contribution in [2.45, 2.75) is 72.3 Å². The standard InChI is InChI=1S/C24H40N2O.ClH/c1-22(2)15-19(16-23(3,4)17-22)20-9-7-8-10-21(20)26-13-11-25(12-14-26)18-24(5,6)27;/h7-10,19,27H,11-18H2,1-6H3;1H. The highest BCUT2D eigenvalue weighted by molar-refractivity contribution is 5.85. The summed E-state index contributed by atoms with van der Waals surface area (Å²) in [5.41, 5.74) is 3.20. The molecule has 1 aromatic carbocycles. The molecule has 0 amide bonds. The Morgan fingerprint density at radius 2 is 1.50 bits per heavy atom. The van der Waals surface area contributed by atoms with Crippen LogP contribution in [0, 0.1) is 10.8 Å². The molecule has 2 aliphatic rings. The minimum absolute atomic E-state index is 0. The molecule has 1 aliphatic heterocycles. The van der Waals surface area contributed by atoms with Gasteiger partial charge in [-0.1, -0.05) is 45.9 Å². The van der Waals surface area contributed by atoms with Crippen LogP contribution in [-0.4, -0.2) is 48.3 Å². The third-order valence-corrected chi connectivity index (χ3v) is 6.26. The predicted molar refractivity (Wildman–Crippen MR) is 123 cm³/mol. The van der Waals surface area contributed by atoms with E-state index in [-0.39, 0.29) is 12.4 Å². The molecular weight excluding hydrogens is 368 g/mol. The van der Waals surface area contributed by atoms with Crippen LogP contribution >= 0.6 is 12.4 Å². The molecule has 0 radical (unpaired) electrons. The van der Waals surface area contributed by atoms with Gasteiger partial charge in [0.1, 0.15) is 0 Å². The zero-order valence-corrected chi connectivity index (χ0v) is 19.6. The van der Waals surface area contributed by atoms with Crippen LogP contribution in [0.15, 0.2) is 24.3 Å². The van der Waals surface area contributed by atoms with Crippen molar-refractivity contribution in [3.63, 3.8) is 0 Å². The van der Waals surface area contributed by atoms with E-state index in [0.29, 0.717) is 16.7 Å². The lowest BCUT2D eigenvalue weighted by Crippen LogP contribution is -2.50. The van der Waals surface area contributed by atoms with E-state index < -0.39 is 5.60 Å². The van der Waals surface area contributed by atoms with Gasteiger partial charge >= 0.3 is 0 Å². The summed E-state index contributed by atoms with van der Waals surface area (Å²) in [5.74, 6) is 0.648. The van der Waals surface area contributed by atoms with Gasteiger partial charge in [-0.2, -0.15) is 0 Å². The van der Waals surface area contributed by atoms with E-state index in [1.807, 2.05) is 13.8 Å². The Hall–Kier alpha value is -0.770. The summed E-state index contributed by atoms with van der Waals surface area (Å²) < 4.78 is 0. The van der Waals surface area contributed by atoms with Crippen LogP contribution in [0.3, 0.4) is 0 Å². The number of nitrogens with zero attached hydrogens (tertiary/aromatic N) is 2. The minimum Gasteiger partial charge on any atom is -0.389 e. The van der Waals surface area contributed by atoms with Crippen LogP contribution in [0.1, 0.15) is 72.3 Å². The summed E-state index contributed by atoms with van der Waals surface area (Å²) >= 11 is 0. The highest BCUT2D eigenvalue weighted by Crippen LogP contribution is 2.53. The molecule has 160 valence electrons. The molecule has 0 atom stereocenters. The number of rotatable bonds is 4. The Morgan fingerprint density at radius 1 is 0.964 bits per heavy atom. The molecule has 0 spiro atoms. The average Bonchev–Trinajstić information content (AvgIpc) is 2.51. The normalized spacial score (nSPS) is 23.3. The average molecular weight is 409 g/mol. The summed E-state index contributed by atoms with van der Waals surface area (Å²) in [7, 11) is 0. The van der Waals surface area contributed by atoms with E-state index in [0.717, 1.165) is 32.7 Å². The fraction of sp³-hybridized carbons (Fsp3) is 0.750. The van der Waals surface area contributed by atoms with E-state index in [2.05, 4.69) is 61.8 Å². The Balaban J connectivity index is 0.00000280. The van der Waals surface area contributed by atoms with Crippen molar-refractivity contribution in [3.8, 4) is 0 Å². The molecule has 1 saturated carbocycles. The molecule has 28 heavy (non-hydrogen) atoms. The van der Waals surface area contributed by atoms with Crippen LogP contribution in [-0.2, 0) is 0 Å². The van der Waals surface area contributed by atoms with Crippen LogP contribution in [0.25, 0.3) is 0 Å². The largest absolute Gasteiger partial charge is 0.389 e. The van der Waals surface area contributed by atoms with Gasteiger partial charge in [-0.25, -0.2) is 0 Å². The molecule has 2 fully saturated rings. The van der Waals surface area contributed by atoms with Gasteiger partial charge in [-0.15, -0.1) is 12.4 Å². The van der Waals surface area contributed by atoms with E-state index in [1.165, 1.54) is 24.9 Å². The first-order valence-corrected chi connectivity index (χ1v) is 10.7. The number of halogens is 1. The second-order valence-corrected chi connectivity index (χ2v) is 11.2. The molecule has 0 unspecified atom stereocenters. The number of aliphatic hydroxyl groups is 1. The Bertz CT molecular complexity index is 626. The van der Waals surface area contributed by atoms with Gasteiger partial charge in [0.2, 0.25) is 0 Å². The third-order valence-electron chi connectivity index (χ3n) is 6.26. The lowest BCUT2D eigenvalue weighted by Gasteiger charge is -2.46. The number of β-amino-alcohol motifs (C(OH)–C–C–N with tert-alkyl or cyclic N) is 1. The summed E-state index contributed by atoms with van der Waals surface area (Å²) in [6.45, 7) is 18.5. The van der Waals surface area contributed by atoms with Crippen molar-refractivity contribution in [1.82, 2.24) is 4.90 Å². The van der Waals surface area contributed by atoms with Crippen LogP contribution in [0.4, 0.5) is 5.69 Å². The van der Waals surface area contributed by atoms with Gasteiger partial charge in [0.25, 0.3) is 0 Å². The van der Waals surface area contributed by atoms with Gasteiger partial charge in [0.05, 0.1) is 5.60 Å². The number of para-hydroxylation sites is 1. The molecule has 1 N–H and O–H groups in total. The monoisotopic (exact) mass is 408 g/mol. The van der Waals surface area contributed by atoms with Gasteiger partial charge < -0.3 is 10.0 Å². The summed E-state index contributed by atoms with van der Waals surface area (Å²) in [6, 6.07) is 9.12. The van der Waals surface area contributed by atoms with Gasteiger partial charge in [-0.05, 0) is 61.5 Å². The fourth-order valence-corrected chi connectivity index (χ4v) is 5.88. The molecule has 0 aromatic heterocycles. The number of benzene rings is 1. The number of hydrogen-bond acceptors (Lipinski definition) is 3. The van der Waals surface area contributed by atoms with E-state index in [1.54, 1.807) is 5.56 Å². The summed E-state index contributed by atoms with van der Waals surface area (Å²) in [6.07, 6.45) is 3.88. The van der Waals surface area contributed by atoms with E-state index in [9.17, 15) is 5.11 Å². The smallest absolute Gasteiger partial charge is 0.0718 e. The first kappa shape index (κ1) is 23.5. The second-order valence-electron chi connectivity index (χ2n) is 11.2. The maximum atomic E-state index is 10.1. The lowest BCUT2D eigenvalue weighted by molar-refractivity contribution is 0.0345. The lowest BCUT2D eigenvalue weighted by atomic mass is 9.60. The molecule has 3 rings (SSSR count). The van der Waals surface area contributed by atoms with Gasteiger partial charge in [-0.3, -0.25) is 4.90 Å². The van der Waals surface area contributed by atoms with Crippen molar-refractivity contribution in [3.05, 3.63) is 29.8 Å². The van der Waals surface area contributed by atoms with Crippen molar-refractivity contribution in [2.24, 2.45) is 10.8 Å². The van der Waals surface area contributed by atoms with E-state index in [4.69, 9.17) is 0 Å². The number of piperazine rings is 1. The maximum absolute atomic E-state index is 10.1. The SMILES string of the molecule is CC(C)(O)CN1CCN(c2ccccc2C2CC(C)(C)CC(C)(C)C2)CC1.Cl.